The smallest absolute Gasteiger partial charge is 0.137 e. The summed E-state index contributed by atoms with van der Waals surface area (Å²) in [6.45, 7) is 1.54. The fourth-order valence-electron chi connectivity index (χ4n) is 3.02. The number of methoxy groups -OCH3 is 1. The minimum atomic E-state index is 0.136. The third-order valence-corrected chi connectivity index (χ3v) is 4.38. The molecule has 0 saturated heterocycles. The van der Waals surface area contributed by atoms with Gasteiger partial charge in [0.25, 0.3) is 0 Å². The van der Waals surface area contributed by atoms with Gasteiger partial charge in [0.15, 0.2) is 0 Å². The number of para-hydroxylation sites is 1. The van der Waals surface area contributed by atoms with Gasteiger partial charge in [0.2, 0.25) is 0 Å². The number of anilines is 1. The van der Waals surface area contributed by atoms with E-state index in [0.717, 1.165) is 18.5 Å². The predicted molar refractivity (Wildman–Crippen MR) is 87.3 cm³/mol. The van der Waals surface area contributed by atoms with Crippen molar-refractivity contribution in [2.75, 3.05) is 25.1 Å². The molecule has 1 heterocycles. The Morgan fingerprint density at radius 3 is 2.81 bits per heavy atom. The Morgan fingerprint density at radius 1 is 1.29 bits per heavy atom. The van der Waals surface area contributed by atoms with E-state index in [1.807, 2.05) is 18.2 Å². The number of fused-ring (bicyclic) bond motifs is 1. The van der Waals surface area contributed by atoms with E-state index in [4.69, 9.17) is 22.1 Å². The van der Waals surface area contributed by atoms with E-state index in [2.05, 4.69) is 29.2 Å². The van der Waals surface area contributed by atoms with Crippen LogP contribution in [0.4, 0.5) is 5.69 Å². The maximum atomic E-state index is 6.25. The maximum Gasteiger partial charge on any atom is 0.137 e. The minimum Gasteiger partial charge on any atom is -0.495 e. The molecule has 0 saturated carbocycles. The summed E-state index contributed by atoms with van der Waals surface area (Å²) >= 11 is 6.25. The lowest BCUT2D eigenvalue weighted by Gasteiger charge is -2.30. The van der Waals surface area contributed by atoms with Crippen LogP contribution in [0.3, 0.4) is 0 Å². The van der Waals surface area contributed by atoms with Gasteiger partial charge in [0, 0.05) is 18.8 Å². The van der Waals surface area contributed by atoms with Gasteiger partial charge in [-0.25, -0.2) is 0 Å². The van der Waals surface area contributed by atoms with Gasteiger partial charge in [-0.15, -0.1) is 0 Å². The Hall–Kier alpha value is -1.71. The molecule has 21 heavy (non-hydrogen) atoms. The number of nitrogens with two attached hydrogens (primary N) is 1. The van der Waals surface area contributed by atoms with Crippen LogP contribution in [-0.4, -0.2) is 20.2 Å². The van der Waals surface area contributed by atoms with Gasteiger partial charge in [0.05, 0.1) is 18.2 Å². The Kier molecular flexibility index (Phi) is 4.04. The normalized spacial score (nSPS) is 14.9. The van der Waals surface area contributed by atoms with Crippen LogP contribution in [0.15, 0.2) is 42.5 Å². The van der Waals surface area contributed by atoms with E-state index in [1.54, 1.807) is 7.11 Å². The minimum absolute atomic E-state index is 0.136. The summed E-state index contributed by atoms with van der Waals surface area (Å²) < 4.78 is 5.22. The van der Waals surface area contributed by atoms with Gasteiger partial charge in [-0.1, -0.05) is 35.9 Å². The second-order valence-electron chi connectivity index (χ2n) is 5.22. The molecular weight excluding hydrogens is 284 g/mol. The number of nitrogens with zero attached hydrogens (tertiary/aromatic N) is 1. The molecule has 0 fully saturated rings. The van der Waals surface area contributed by atoms with Crippen LogP contribution in [0.1, 0.15) is 17.2 Å². The summed E-state index contributed by atoms with van der Waals surface area (Å²) in [5.41, 5.74) is 9.83. The van der Waals surface area contributed by atoms with E-state index in [1.165, 1.54) is 11.3 Å². The van der Waals surface area contributed by atoms with Crippen molar-refractivity contribution in [2.24, 2.45) is 5.73 Å². The van der Waals surface area contributed by atoms with Crippen molar-refractivity contribution in [3.05, 3.63) is 58.6 Å². The molecule has 0 aliphatic carbocycles. The molecule has 1 unspecified atom stereocenters. The molecule has 2 N–H and O–H groups in total. The fourth-order valence-corrected chi connectivity index (χ4v) is 3.29. The lowest BCUT2D eigenvalue weighted by molar-refractivity contribution is 0.414. The van der Waals surface area contributed by atoms with Crippen LogP contribution < -0.4 is 15.4 Å². The molecule has 0 radical (unpaired) electrons. The highest BCUT2D eigenvalue weighted by atomic mass is 35.5. The van der Waals surface area contributed by atoms with Gasteiger partial charge in [-0.05, 0) is 35.7 Å². The zero-order chi connectivity index (χ0) is 14.8. The number of benzene rings is 2. The van der Waals surface area contributed by atoms with Gasteiger partial charge < -0.3 is 15.4 Å². The third-order valence-electron chi connectivity index (χ3n) is 4.08. The summed E-state index contributed by atoms with van der Waals surface area (Å²) in [5.74, 6) is 0.693. The highest BCUT2D eigenvalue weighted by Crippen LogP contribution is 2.36. The summed E-state index contributed by atoms with van der Waals surface area (Å²) in [6.07, 6.45) is 1.07. The summed E-state index contributed by atoms with van der Waals surface area (Å²) in [7, 11) is 1.62. The van der Waals surface area contributed by atoms with Crippen molar-refractivity contribution in [3.8, 4) is 5.75 Å². The molecule has 1 aliphatic heterocycles. The summed E-state index contributed by atoms with van der Waals surface area (Å²) in [4.78, 5) is 2.37. The lowest BCUT2D eigenvalue weighted by atomic mass is 10.0. The molecular formula is C17H19ClN2O. The van der Waals surface area contributed by atoms with Crippen molar-refractivity contribution in [3.63, 3.8) is 0 Å². The molecule has 0 spiro atoms. The zero-order valence-electron chi connectivity index (χ0n) is 12.1. The molecule has 0 amide bonds. The lowest BCUT2D eigenvalue weighted by Crippen LogP contribution is -2.32. The first-order chi connectivity index (χ1) is 10.2. The number of hydrogen-bond acceptors (Lipinski definition) is 3. The first-order valence-electron chi connectivity index (χ1n) is 7.12. The van der Waals surface area contributed by atoms with Crippen LogP contribution in [0.5, 0.6) is 5.75 Å². The topological polar surface area (TPSA) is 38.5 Å². The molecule has 0 aromatic heterocycles. The first-order valence-corrected chi connectivity index (χ1v) is 7.50. The van der Waals surface area contributed by atoms with Crippen LogP contribution in [0.25, 0.3) is 0 Å². The Bertz CT molecular complexity index is 644. The van der Waals surface area contributed by atoms with Gasteiger partial charge in [-0.2, -0.15) is 0 Å². The molecule has 1 atom stereocenters. The van der Waals surface area contributed by atoms with E-state index >= 15 is 0 Å². The van der Waals surface area contributed by atoms with Crippen LogP contribution in [-0.2, 0) is 6.42 Å². The van der Waals surface area contributed by atoms with Crippen molar-refractivity contribution in [1.82, 2.24) is 0 Å². The molecule has 3 rings (SSSR count). The number of rotatable bonds is 4. The predicted octanol–water partition coefficient (Wildman–Crippen LogP) is 3.41. The van der Waals surface area contributed by atoms with E-state index < -0.39 is 0 Å². The Balaban J connectivity index is 1.95. The van der Waals surface area contributed by atoms with Crippen LogP contribution >= 0.6 is 11.6 Å². The van der Waals surface area contributed by atoms with Gasteiger partial charge in [-0.3, -0.25) is 0 Å². The van der Waals surface area contributed by atoms with E-state index in [9.17, 15) is 0 Å². The standard InChI is InChI=1S/C17H19ClN2O/c1-21-17-7-6-13(10-14(17)18)16(11-19)20-9-8-12-4-2-3-5-15(12)20/h2-7,10,16H,8-9,11,19H2,1H3. The van der Waals surface area contributed by atoms with Gasteiger partial charge >= 0.3 is 0 Å². The molecule has 2 aromatic rings. The van der Waals surface area contributed by atoms with E-state index in [0.29, 0.717) is 17.3 Å². The highest BCUT2D eigenvalue weighted by molar-refractivity contribution is 6.32. The summed E-state index contributed by atoms with van der Waals surface area (Å²) in [5, 5.41) is 0.626. The molecule has 1 aliphatic rings. The first kappa shape index (κ1) is 14.2. The van der Waals surface area contributed by atoms with Crippen molar-refractivity contribution < 1.29 is 4.74 Å². The molecule has 110 valence electrons. The monoisotopic (exact) mass is 302 g/mol. The second-order valence-corrected chi connectivity index (χ2v) is 5.62. The maximum absolute atomic E-state index is 6.25. The van der Waals surface area contributed by atoms with Crippen LogP contribution in [0.2, 0.25) is 5.02 Å². The number of hydrogen-bond donors (Lipinski definition) is 1. The average molecular weight is 303 g/mol. The summed E-state index contributed by atoms with van der Waals surface area (Å²) in [6, 6.07) is 14.6. The SMILES string of the molecule is COc1ccc(C(CN)N2CCc3ccccc32)cc1Cl. The average Bonchev–Trinajstić information content (AvgIpc) is 2.93. The highest BCUT2D eigenvalue weighted by Gasteiger charge is 2.26. The third kappa shape index (κ3) is 2.59. The zero-order valence-corrected chi connectivity index (χ0v) is 12.8. The molecule has 2 aromatic carbocycles. The van der Waals surface area contributed by atoms with Crippen molar-refractivity contribution in [2.45, 2.75) is 12.5 Å². The molecule has 0 bridgehead atoms. The number of ether oxygens (including phenoxy) is 1. The van der Waals surface area contributed by atoms with Gasteiger partial charge in [0.1, 0.15) is 5.75 Å². The largest absolute Gasteiger partial charge is 0.495 e. The second kappa shape index (κ2) is 5.96. The van der Waals surface area contributed by atoms with Crippen molar-refractivity contribution >= 4 is 17.3 Å². The quantitative estimate of drug-likeness (QED) is 0.940. The van der Waals surface area contributed by atoms with E-state index in [-0.39, 0.29) is 6.04 Å². The molecule has 3 nitrogen and oxygen atoms in total. The fraction of sp³-hybridized carbons (Fsp3) is 0.294. The number of halogens is 1. The molecule has 4 heteroatoms. The Morgan fingerprint density at radius 2 is 2.10 bits per heavy atom. The Labute approximate surface area is 130 Å². The van der Waals surface area contributed by atoms with Crippen LogP contribution in [0, 0.1) is 0 Å². The van der Waals surface area contributed by atoms with Crippen molar-refractivity contribution in [1.29, 1.82) is 0 Å².